The second-order valence-electron chi connectivity index (χ2n) is 9.96. The van der Waals surface area contributed by atoms with Gasteiger partial charge in [-0.25, -0.2) is 4.68 Å². The molecule has 13 heteroatoms. The molecule has 0 spiro atoms. The average Bonchev–Trinajstić information content (AvgIpc) is 3.39. The van der Waals surface area contributed by atoms with Crippen molar-refractivity contribution in [1.29, 1.82) is 0 Å². The van der Waals surface area contributed by atoms with E-state index in [9.17, 15) is 19.2 Å². The minimum atomic E-state index is -1.29. The van der Waals surface area contributed by atoms with Crippen LogP contribution in [0.1, 0.15) is 59.4 Å². The SMILES string of the molecule is CCCCCc1ccc(-c2cn(CCO[C@@H]3O[C@H](COC(C)=O)[C@H](OC(C)=O)[C@H](OC(C)=O)[C@H]3OC(C)=O)nn2)cc1. The van der Waals surface area contributed by atoms with Crippen molar-refractivity contribution < 1.29 is 47.6 Å². The highest BCUT2D eigenvalue weighted by Crippen LogP contribution is 2.30. The largest absolute Gasteiger partial charge is 0.463 e. The number of carbonyl (C=O) groups excluding carboxylic acids is 4. The van der Waals surface area contributed by atoms with Crippen molar-refractivity contribution in [1.82, 2.24) is 15.0 Å². The highest BCUT2D eigenvalue weighted by molar-refractivity contribution is 5.68. The number of nitrogens with zero attached hydrogens (tertiary/aromatic N) is 3. The Kier molecular flexibility index (Phi) is 12.4. The molecule has 1 aromatic carbocycles. The maximum Gasteiger partial charge on any atom is 0.303 e. The first-order valence-corrected chi connectivity index (χ1v) is 14.0. The molecule has 0 amide bonds. The number of aromatic nitrogens is 3. The van der Waals surface area contributed by atoms with Crippen LogP contribution in [0.2, 0.25) is 0 Å². The number of carbonyl (C=O) groups is 4. The van der Waals surface area contributed by atoms with E-state index in [1.807, 2.05) is 12.1 Å². The molecule has 1 fully saturated rings. The summed E-state index contributed by atoms with van der Waals surface area (Å²) in [5.41, 5.74) is 2.90. The van der Waals surface area contributed by atoms with E-state index >= 15 is 0 Å². The molecule has 1 saturated heterocycles. The topological polar surface area (TPSA) is 154 Å². The Morgan fingerprint density at radius 1 is 0.857 bits per heavy atom. The molecular formula is C29H39N3O10. The van der Waals surface area contributed by atoms with Gasteiger partial charge in [-0.05, 0) is 18.4 Å². The third-order valence-electron chi connectivity index (χ3n) is 6.41. The molecule has 13 nitrogen and oxygen atoms in total. The lowest BCUT2D eigenvalue weighted by molar-refractivity contribution is -0.308. The van der Waals surface area contributed by atoms with Gasteiger partial charge < -0.3 is 28.4 Å². The van der Waals surface area contributed by atoms with E-state index in [0.717, 1.165) is 32.3 Å². The summed E-state index contributed by atoms with van der Waals surface area (Å²) in [6, 6.07) is 8.22. The van der Waals surface area contributed by atoms with Crippen LogP contribution in [0.25, 0.3) is 11.3 Å². The smallest absolute Gasteiger partial charge is 0.303 e. The van der Waals surface area contributed by atoms with Gasteiger partial charge in [0.15, 0.2) is 24.6 Å². The molecule has 0 radical (unpaired) electrons. The number of ether oxygens (including phenoxy) is 6. The fourth-order valence-corrected chi connectivity index (χ4v) is 4.55. The first-order valence-electron chi connectivity index (χ1n) is 14.0. The molecule has 5 atom stereocenters. The van der Waals surface area contributed by atoms with E-state index < -0.39 is 54.6 Å². The summed E-state index contributed by atoms with van der Waals surface area (Å²) in [4.78, 5) is 47.3. The van der Waals surface area contributed by atoms with Crippen LogP contribution in [0.4, 0.5) is 0 Å². The molecule has 1 aromatic heterocycles. The predicted octanol–water partition coefficient (Wildman–Crippen LogP) is 2.78. The summed E-state index contributed by atoms with van der Waals surface area (Å²) in [7, 11) is 0. The van der Waals surface area contributed by atoms with Crippen LogP contribution in [0.3, 0.4) is 0 Å². The minimum Gasteiger partial charge on any atom is -0.463 e. The summed E-state index contributed by atoms with van der Waals surface area (Å²) >= 11 is 0. The zero-order valence-electron chi connectivity index (χ0n) is 24.6. The fraction of sp³-hybridized carbons (Fsp3) is 0.586. The van der Waals surface area contributed by atoms with Crippen molar-refractivity contribution in [2.24, 2.45) is 0 Å². The molecule has 0 aliphatic carbocycles. The molecule has 0 N–H and O–H groups in total. The second kappa shape index (κ2) is 16.0. The van der Waals surface area contributed by atoms with Crippen LogP contribution in [0.5, 0.6) is 0 Å². The molecule has 2 aromatic rings. The van der Waals surface area contributed by atoms with Crippen LogP contribution in [-0.2, 0) is 60.6 Å². The van der Waals surface area contributed by atoms with E-state index in [4.69, 9.17) is 28.4 Å². The zero-order chi connectivity index (χ0) is 30.6. The van der Waals surface area contributed by atoms with Crippen LogP contribution in [-0.4, -0.2) is 82.8 Å². The molecule has 2 heterocycles. The van der Waals surface area contributed by atoms with Crippen LogP contribution >= 0.6 is 0 Å². The summed E-state index contributed by atoms with van der Waals surface area (Å²) in [5.74, 6) is -2.73. The molecule has 1 aliphatic rings. The first-order chi connectivity index (χ1) is 20.1. The third kappa shape index (κ3) is 9.91. The van der Waals surface area contributed by atoms with Gasteiger partial charge in [0.2, 0.25) is 0 Å². The summed E-state index contributed by atoms with van der Waals surface area (Å²) in [6.07, 6.45) is 0.200. The predicted molar refractivity (Wildman–Crippen MR) is 147 cm³/mol. The van der Waals surface area contributed by atoms with E-state index in [0.29, 0.717) is 5.69 Å². The monoisotopic (exact) mass is 589 g/mol. The quantitative estimate of drug-likeness (QED) is 0.181. The molecule has 0 unspecified atom stereocenters. The van der Waals surface area contributed by atoms with Gasteiger partial charge in [-0.2, -0.15) is 0 Å². The van der Waals surface area contributed by atoms with Gasteiger partial charge >= 0.3 is 23.9 Å². The summed E-state index contributed by atoms with van der Waals surface area (Å²) < 4.78 is 34.7. The normalized spacial score (nSPS) is 21.8. The number of hydrogen-bond donors (Lipinski definition) is 0. The third-order valence-corrected chi connectivity index (χ3v) is 6.41. The Morgan fingerprint density at radius 2 is 1.50 bits per heavy atom. The van der Waals surface area contributed by atoms with Crippen molar-refractivity contribution in [3.63, 3.8) is 0 Å². The van der Waals surface area contributed by atoms with E-state index in [1.54, 1.807) is 10.9 Å². The molecule has 1 aliphatic heterocycles. The lowest BCUT2D eigenvalue weighted by atomic mass is 9.98. The fourth-order valence-electron chi connectivity index (χ4n) is 4.55. The Balaban J connectivity index is 1.71. The first kappa shape index (κ1) is 32.7. The molecule has 230 valence electrons. The van der Waals surface area contributed by atoms with Crippen molar-refractivity contribution in [3.8, 4) is 11.3 Å². The van der Waals surface area contributed by atoms with Crippen LogP contribution < -0.4 is 0 Å². The van der Waals surface area contributed by atoms with Gasteiger partial charge in [-0.3, -0.25) is 19.2 Å². The Bertz CT molecular complexity index is 1200. The molecule has 0 saturated carbocycles. The minimum absolute atomic E-state index is 0.0346. The maximum atomic E-state index is 12.0. The standard InChI is InChI=1S/C29H39N3O10/c1-6-7-8-9-22-10-12-23(13-11-22)24-16-32(31-30-24)14-15-37-29-28(41-21(5)36)27(40-20(4)35)26(39-19(3)34)25(42-29)17-38-18(2)33/h10-13,16,25-29H,6-9,14-15,17H2,1-5H3/t25-,26+,27+,28-,29-/m1/s1. The van der Waals surface area contributed by atoms with Crippen LogP contribution in [0, 0.1) is 0 Å². The maximum absolute atomic E-state index is 12.0. The van der Waals surface area contributed by atoms with Crippen molar-refractivity contribution in [3.05, 3.63) is 36.0 Å². The number of unbranched alkanes of at least 4 members (excludes halogenated alkanes) is 2. The van der Waals surface area contributed by atoms with Gasteiger partial charge in [0, 0.05) is 33.3 Å². The van der Waals surface area contributed by atoms with Crippen molar-refractivity contribution in [2.75, 3.05) is 13.2 Å². The number of hydrogen-bond acceptors (Lipinski definition) is 12. The number of benzene rings is 1. The van der Waals surface area contributed by atoms with Crippen LogP contribution in [0.15, 0.2) is 30.5 Å². The van der Waals surface area contributed by atoms with Gasteiger partial charge in [-0.15, -0.1) is 5.10 Å². The Hall–Kier alpha value is -3.84. The lowest BCUT2D eigenvalue weighted by Gasteiger charge is -2.44. The highest BCUT2D eigenvalue weighted by Gasteiger charge is 2.52. The molecule has 42 heavy (non-hydrogen) atoms. The van der Waals surface area contributed by atoms with Crippen molar-refractivity contribution in [2.45, 2.75) is 97.6 Å². The molecular weight excluding hydrogens is 550 g/mol. The summed E-state index contributed by atoms with van der Waals surface area (Å²) in [6.45, 7) is 6.83. The number of aryl methyl sites for hydroxylation is 1. The number of esters is 4. The van der Waals surface area contributed by atoms with E-state index in [-0.39, 0.29) is 19.8 Å². The van der Waals surface area contributed by atoms with Gasteiger partial charge in [0.25, 0.3) is 0 Å². The van der Waals surface area contributed by atoms with Gasteiger partial charge in [0.1, 0.15) is 18.4 Å². The van der Waals surface area contributed by atoms with E-state index in [2.05, 4.69) is 29.4 Å². The number of rotatable bonds is 14. The van der Waals surface area contributed by atoms with Gasteiger partial charge in [-0.1, -0.05) is 49.2 Å². The van der Waals surface area contributed by atoms with Crippen molar-refractivity contribution >= 4 is 23.9 Å². The zero-order valence-corrected chi connectivity index (χ0v) is 24.6. The average molecular weight is 590 g/mol. The lowest BCUT2D eigenvalue weighted by Crippen LogP contribution is -2.63. The highest BCUT2D eigenvalue weighted by atomic mass is 16.7. The Morgan fingerprint density at radius 3 is 2.12 bits per heavy atom. The van der Waals surface area contributed by atoms with E-state index in [1.165, 1.54) is 32.3 Å². The second-order valence-corrected chi connectivity index (χ2v) is 9.96. The molecule has 0 bridgehead atoms. The Labute approximate surface area is 244 Å². The summed E-state index contributed by atoms with van der Waals surface area (Å²) in [5, 5.41) is 8.41. The molecule has 3 rings (SSSR count). The van der Waals surface area contributed by atoms with Gasteiger partial charge in [0.05, 0.1) is 19.3 Å².